The van der Waals surface area contributed by atoms with Crippen LogP contribution in [0.2, 0.25) is 0 Å². The Balaban J connectivity index is 2.48. The van der Waals surface area contributed by atoms with Gasteiger partial charge in [-0.1, -0.05) is 13.0 Å². The quantitative estimate of drug-likeness (QED) is 0.625. The summed E-state index contributed by atoms with van der Waals surface area (Å²) in [5.41, 5.74) is 8.09. The molecule has 0 fully saturated rings. The van der Waals surface area contributed by atoms with Crippen LogP contribution in [0.3, 0.4) is 0 Å². The van der Waals surface area contributed by atoms with Gasteiger partial charge in [0.2, 0.25) is 0 Å². The van der Waals surface area contributed by atoms with Crippen LogP contribution < -0.4 is 5.73 Å². The highest BCUT2D eigenvalue weighted by Crippen LogP contribution is 2.33. The first-order valence-corrected chi connectivity index (χ1v) is 4.22. The SMILES string of the molecule is CC1Cc2ccc(F)cc2[C@@H]1N. The number of hydrogen-bond acceptors (Lipinski definition) is 1. The summed E-state index contributed by atoms with van der Waals surface area (Å²) in [6, 6.07) is 4.93. The minimum Gasteiger partial charge on any atom is -0.324 e. The molecule has 0 saturated carbocycles. The molecular weight excluding hydrogens is 153 g/mol. The van der Waals surface area contributed by atoms with E-state index < -0.39 is 0 Å². The number of rotatable bonds is 0. The van der Waals surface area contributed by atoms with Crippen LogP contribution in [0.1, 0.15) is 24.1 Å². The molecular formula is C10H12FN. The second-order valence-electron chi connectivity index (χ2n) is 3.55. The van der Waals surface area contributed by atoms with E-state index in [2.05, 4.69) is 6.92 Å². The first-order valence-electron chi connectivity index (χ1n) is 4.22. The lowest BCUT2D eigenvalue weighted by atomic mass is 10.0. The standard InChI is InChI=1S/C10H12FN/c1-6-4-7-2-3-8(11)5-9(7)10(6)12/h2-3,5-6,10H,4,12H2,1H3/t6?,10-/m1/s1. The molecule has 2 atom stereocenters. The van der Waals surface area contributed by atoms with Crippen LogP contribution in [0.15, 0.2) is 18.2 Å². The molecule has 0 saturated heterocycles. The van der Waals surface area contributed by atoms with E-state index in [0.29, 0.717) is 5.92 Å². The van der Waals surface area contributed by atoms with Crippen LogP contribution in [0.5, 0.6) is 0 Å². The lowest BCUT2D eigenvalue weighted by molar-refractivity contribution is 0.511. The molecule has 0 aromatic heterocycles. The Bertz CT molecular complexity index is 309. The number of nitrogens with two attached hydrogens (primary N) is 1. The molecule has 64 valence electrons. The maximum absolute atomic E-state index is 12.8. The molecule has 1 nitrogen and oxygen atoms in total. The van der Waals surface area contributed by atoms with Gasteiger partial charge in [0, 0.05) is 6.04 Å². The zero-order valence-electron chi connectivity index (χ0n) is 7.05. The van der Waals surface area contributed by atoms with E-state index in [1.165, 1.54) is 11.6 Å². The zero-order chi connectivity index (χ0) is 8.72. The van der Waals surface area contributed by atoms with Gasteiger partial charge in [-0.2, -0.15) is 0 Å². The van der Waals surface area contributed by atoms with E-state index in [4.69, 9.17) is 5.73 Å². The first-order chi connectivity index (χ1) is 5.68. The maximum Gasteiger partial charge on any atom is 0.123 e. The third kappa shape index (κ3) is 1.03. The highest BCUT2D eigenvalue weighted by molar-refractivity contribution is 5.35. The molecule has 0 aliphatic heterocycles. The summed E-state index contributed by atoms with van der Waals surface area (Å²) in [6.45, 7) is 2.10. The van der Waals surface area contributed by atoms with Gasteiger partial charge in [0.25, 0.3) is 0 Å². The predicted octanol–water partition coefficient (Wildman–Crippen LogP) is 2.02. The molecule has 2 rings (SSSR count). The van der Waals surface area contributed by atoms with Crippen molar-refractivity contribution in [2.45, 2.75) is 19.4 Å². The second-order valence-corrected chi connectivity index (χ2v) is 3.55. The van der Waals surface area contributed by atoms with Crippen molar-refractivity contribution in [3.63, 3.8) is 0 Å². The van der Waals surface area contributed by atoms with Crippen LogP contribution in [0.25, 0.3) is 0 Å². The number of fused-ring (bicyclic) bond motifs is 1. The van der Waals surface area contributed by atoms with Gasteiger partial charge in [-0.15, -0.1) is 0 Å². The van der Waals surface area contributed by atoms with Crippen LogP contribution in [-0.2, 0) is 6.42 Å². The van der Waals surface area contributed by atoms with Gasteiger partial charge < -0.3 is 5.73 Å². The van der Waals surface area contributed by atoms with Gasteiger partial charge in [0.15, 0.2) is 0 Å². The van der Waals surface area contributed by atoms with Crippen LogP contribution in [0, 0.1) is 11.7 Å². The topological polar surface area (TPSA) is 26.0 Å². The first kappa shape index (κ1) is 7.74. The lowest BCUT2D eigenvalue weighted by Crippen LogP contribution is -2.13. The van der Waals surface area contributed by atoms with Crippen molar-refractivity contribution in [3.05, 3.63) is 35.1 Å². The van der Waals surface area contributed by atoms with Crippen LogP contribution in [0.4, 0.5) is 4.39 Å². The summed E-state index contributed by atoms with van der Waals surface area (Å²) in [5, 5.41) is 0. The Kier molecular flexibility index (Phi) is 1.65. The van der Waals surface area contributed by atoms with Gasteiger partial charge in [-0.05, 0) is 35.6 Å². The Hall–Kier alpha value is -0.890. The highest BCUT2D eigenvalue weighted by Gasteiger charge is 2.26. The van der Waals surface area contributed by atoms with E-state index in [9.17, 15) is 4.39 Å². The zero-order valence-corrected chi connectivity index (χ0v) is 7.05. The van der Waals surface area contributed by atoms with E-state index in [0.717, 1.165) is 12.0 Å². The average Bonchev–Trinajstić information content (AvgIpc) is 2.31. The van der Waals surface area contributed by atoms with Crippen molar-refractivity contribution < 1.29 is 4.39 Å². The van der Waals surface area contributed by atoms with Gasteiger partial charge in [-0.25, -0.2) is 4.39 Å². The van der Waals surface area contributed by atoms with Crippen LogP contribution >= 0.6 is 0 Å². The molecule has 2 heteroatoms. The smallest absolute Gasteiger partial charge is 0.123 e. The number of halogens is 1. The molecule has 0 radical (unpaired) electrons. The van der Waals surface area contributed by atoms with E-state index in [1.807, 2.05) is 6.07 Å². The fraction of sp³-hybridized carbons (Fsp3) is 0.400. The molecule has 12 heavy (non-hydrogen) atoms. The Labute approximate surface area is 71.4 Å². The molecule has 0 amide bonds. The summed E-state index contributed by atoms with van der Waals surface area (Å²) in [7, 11) is 0. The summed E-state index contributed by atoms with van der Waals surface area (Å²) in [6.07, 6.45) is 0.983. The van der Waals surface area contributed by atoms with E-state index in [1.54, 1.807) is 6.07 Å². The molecule has 0 spiro atoms. The normalized spacial score (nSPS) is 27.2. The minimum absolute atomic E-state index is 0.0238. The predicted molar refractivity (Wildman–Crippen MR) is 46.2 cm³/mol. The average molecular weight is 165 g/mol. The largest absolute Gasteiger partial charge is 0.324 e. The molecule has 1 aromatic carbocycles. The van der Waals surface area contributed by atoms with E-state index in [-0.39, 0.29) is 11.9 Å². The van der Waals surface area contributed by atoms with Gasteiger partial charge >= 0.3 is 0 Å². The van der Waals surface area contributed by atoms with Crippen molar-refractivity contribution in [2.75, 3.05) is 0 Å². The summed E-state index contributed by atoms with van der Waals surface area (Å²) < 4.78 is 12.8. The Morgan fingerprint density at radius 1 is 1.50 bits per heavy atom. The lowest BCUT2D eigenvalue weighted by Gasteiger charge is -2.08. The minimum atomic E-state index is -0.182. The third-order valence-corrected chi connectivity index (χ3v) is 2.62. The monoisotopic (exact) mass is 165 g/mol. The van der Waals surface area contributed by atoms with Gasteiger partial charge in [-0.3, -0.25) is 0 Å². The Morgan fingerprint density at radius 3 is 3.00 bits per heavy atom. The molecule has 0 heterocycles. The van der Waals surface area contributed by atoms with Crippen molar-refractivity contribution in [2.24, 2.45) is 11.7 Å². The number of hydrogen-bond donors (Lipinski definition) is 1. The number of benzene rings is 1. The van der Waals surface area contributed by atoms with Crippen molar-refractivity contribution in [1.82, 2.24) is 0 Å². The third-order valence-electron chi connectivity index (χ3n) is 2.62. The van der Waals surface area contributed by atoms with Crippen molar-refractivity contribution in [1.29, 1.82) is 0 Å². The molecule has 2 N–H and O–H groups in total. The maximum atomic E-state index is 12.8. The van der Waals surface area contributed by atoms with Crippen molar-refractivity contribution >= 4 is 0 Å². The molecule has 1 aliphatic rings. The summed E-state index contributed by atoms with van der Waals surface area (Å²) in [4.78, 5) is 0. The molecule has 1 aliphatic carbocycles. The Morgan fingerprint density at radius 2 is 2.25 bits per heavy atom. The van der Waals surface area contributed by atoms with E-state index >= 15 is 0 Å². The van der Waals surface area contributed by atoms with Gasteiger partial charge in [0.05, 0.1) is 0 Å². The molecule has 1 unspecified atom stereocenters. The molecule has 0 bridgehead atoms. The summed E-state index contributed by atoms with van der Waals surface area (Å²) in [5.74, 6) is 0.264. The molecule has 1 aromatic rings. The second kappa shape index (κ2) is 2.56. The van der Waals surface area contributed by atoms with Gasteiger partial charge in [0.1, 0.15) is 5.82 Å². The summed E-state index contributed by atoms with van der Waals surface area (Å²) >= 11 is 0. The van der Waals surface area contributed by atoms with Crippen molar-refractivity contribution in [3.8, 4) is 0 Å². The fourth-order valence-electron chi connectivity index (χ4n) is 1.84. The van der Waals surface area contributed by atoms with Crippen LogP contribution in [-0.4, -0.2) is 0 Å². The highest BCUT2D eigenvalue weighted by atomic mass is 19.1. The fourth-order valence-corrected chi connectivity index (χ4v) is 1.84.